The first-order valence-corrected chi connectivity index (χ1v) is 14.0. The summed E-state index contributed by atoms with van der Waals surface area (Å²) in [5, 5.41) is 20.3. The summed E-state index contributed by atoms with van der Waals surface area (Å²) in [6, 6.07) is 0. The topological polar surface area (TPSA) is 83.8 Å². The van der Waals surface area contributed by atoms with Crippen molar-refractivity contribution in [1.29, 1.82) is 0 Å². The number of carbonyl (C=O) groups excluding carboxylic acids is 1. The Kier molecular flexibility index (Phi) is 6.94. The fraction of sp³-hybridized carbons (Fsp3) is 0.931. The molecule has 4 rings (SSSR count). The largest absolute Gasteiger partial charge is 0.481 e. The Morgan fingerprint density at radius 2 is 1.68 bits per heavy atom. The Hall–Kier alpha value is -1.10. The Bertz CT molecular complexity index is 791. The van der Waals surface area contributed by atoms with Gasteiger partial charge in [0.2, 0.25) is 0 Å². The Morgan fingerprint density at radius 3 is 2.29 bits per heavy atom. The molecule has 0 aromatic rings. The highest BCUT2D eigenvalue weighted by Gasteiger charge is 2.66. The van der Waals surface area contributed by atoms with Gasteiger partial charge >= 0.3 is 11.9 Å². The van der Waals surface area contributed by atoms with Gasteiger partial charge in [-0.3, -0.25) is 9.59 Å². The fourth-order valence-corrected chi connectivity index (χ4v) is 9.97. The molecule has 4 aliphatic rings. The summed E-state index contributed by atoms with van der Waals surface area (Å²) in [4.78, 5) is 23.6. The van der Waals surface area contributed by atoms with Crippen LogP contribution in [0.4, 0.5) is 0 Å². The molecule has 2 N–H and O–H groups in total. The van der Waals surface area contributed by atoms with Gasteiger partial charge in [-0.05, 0) is 111 Å². The van der Waals surface area contributed by atoms with Gasteiger partial charge in [-0.15, -0.1) is 0 Å². The molecule has 0 amide bonds. The molecule has 0 saturated heterocycles. The van der Waals surface area contributed by atoms with E-state index in [9.17, 15) is 19.8 Å². The molecule has 0 aromatic heterocycles. The highest BCUT2D eigenvalue weighted by Crippen LogP contribution is 2.70. The van der Waals surface area contributed by atoms with Crippen LogP contribution >= 0.6 is 0 Å². The summed E-state index contributed by atoms with van der Waals surface area (Å²) in [5.74, 6) is 2.13. The van der Waals surface area contributed by atoms with E-state index >= 15 is 0 Å². The van der Waals surface area contributed by atoms with E-state index < -0.39 is 11.6 Å². The van der Waals surface area contributed by atoms with E-state index in [0.717, 1.165) is 51.4 Å². The van der Waals surface area contributed by atoms with E-state index in [4.69, 9.17) is 4.74 Å². The molecule has 0 radical (unpaired) electrons. The van der Waals surface area contributed by atoms with Crippen LogP contribution in [-0.4, -0.2) is 33.9 Å². The number of fused-ring (bicyclic) bond motifs is 5. The maximum Gasteiger partial charge on any atom is 0.303 e. The Labute approximate surface area is 206 Å². The molecular weight excluding hydrogens is 428 g/mol. The second-order valence-corrected chi connectivity index (χ2v) is 13.4. The molecule has 0 spiro atoms. The van der Waals surface area contributed by atoms with Crippen LogP contribution in [0.25, 0.3) is 0 Å². The number of aliphatic carboxylic acids is 1. The SMILES string of the molecule is CC[C@H]1[C@@H](OC(C)=O)[C@@H]2[C@H](CC[C@]3(C)[C@@H]([C@H](C)CCC(=O)O)CC[C@@H]23)[C@@]2(C)CC[C@@](C)(O)C[C@@H]12. The molecule has 4 saturated carbocycles. The average Bonchev–Trinajstić information content (AvgIpc) is 3.10. The van der Waals surface area contributed by atoms with Crippen LogP contribution in [-0.2, 0) is 14.3 Å². The van der Waals surface area contributed by atoms with Gasteiger partial charge in [0.15, 0.2) is 0 Å². The zero-order valence-electron chi connectivity index (χ0n) is 22.3. The van der Waals surface area contributed by atoms with E-state index in [1.807, 2.05) is 6.92 Å². The number of carboxylic acids is 1. The first-order chi connectivity index (χ1) is 15.8. The van der Waals surface area contributed by atoms with E-state index in [0.29, 0.717) is 35.5 Å². The zero-order valence-corrected chi connectivity index (χ0v) is 22.3. The molecular formula is C29H48O5. The van der Waals surface area contributed by atoms with Crippen LogP contribution in [0.3, 0.4) is 0 Å². The van der Waals surface area contributed by atoms with E-state index in [1.54, 1.807) is 6.92 Å². The first kappa shape index (κ1) is 26.0. The van der Waals surface area contributed by atoms with Crippen LogP contribution in [0.1, 0.15) is 106 Å². The first-order valence-electron chi connectivity index (χ1n) is 14.0. The third kappa shape index (κ3) is 4.22. The smallest absolute Gasteiger partial charge is 0.303 e. The highest BCUT2D eigenvalue weighted by atomic mass is 16.5. The van der Waals surface area contributed by atoms with Gasteiger partial charge in [-0.2, -0.15) is 0 Å². The van der Waals surface area contributed by atoms with Crippen LogP contribution in [0.15, 0.2) is 0 Å². The third-order valence-corrected chi connectivity index (χ3v) is 11.6. The fourth-order valence-electron chi connectivity index (χ4n) is 9.97. The molecule has 34 heavy (non-hydrogen) atoms. The van der Waals surface area contributed by atoms with Gasteiger partial charge in [0.05, 0.1) is 5.60 Å². The predicted octanol–water partition coefficient (Wildman–Crippen LogP) is 6.07. The molecule has 0 aromatic carbocycles. The second-order valence-electron chi connectivity index (χ2n) is 13.4. The number of esters is 1. The number of carboxylic acid groups (broad SMARTS) is 1. The number of hydrogen-bond acceptors (Lipinski definition) is 4. The Balaban J connectivity index is 1.70. The normalized spacial score (nSPS) is 48.9. The van der Waals surface area contributed by atoms with Gasteiger partial charge in [0.1, 0.15) is 6.10 Å². The van der Waals surface area contributed by atoms with Gasteiger partial charge in [-0.1, -0.05) is 27.7 Å². The summed E-state index contributed by atoms with van der Waals surface area (Å²) in [6.45, 7) is 13.0. The quantitative estimate of drug-likeness (QED) is 0.454. The maximum absolute atomic E-state index is 12.4. The number of hydrogen-bond donors (Lipinski definition) is 2. The van der Waals surface area contributed by atoms with Crippen molar-refractivity contribution in [3.05, 3.63) is 0 Å². The lowest BCUT2D eigenvalue weighted by molar-refractivity contribution is -0.224. The minimum Gasteiger partial charge on any atom is -0.481 e. The zero-order chi connectivity index (χ0) is 25.1. The monoisotopic (exact) mass is 476 g/mol. The highest BCUT2D eigenvalue weighted by molar-refractivity contribution is 5.66. The summed E-state index contributed by atoms with van der Waals surface area (Å²) in [6.07, 6.45) is 9.26. The molecule has 4 aliphatic carbocycles. The molecule has 5 nitrogen and oxygen atoms in total. The van der Waals surface area contributed by atoms with Crippen LogP contribution in [0.5, 0.6) is 0 Å². The summed E-state index contributed by atoms with van der Waals surface area (Å²) in [5.41, 5.74) is -0.274. The number of aliphatic hydroxyl groups is 1. The molecule has 0 bridgehead atoms. The van der Waals surface area contributed by atoms with Crippen molar-refractivity contribution in [3.63, 3.8) is 0 Å². The van der Waals surface area contributed by atoms with Gasteiger partial charge in [-0.25, -0.2) is 0 Å². The molecule has 5 heteroatoms. The standard InChI is InChI=1S/C29H48O5/c1-7-19-23-16-27(4,33)14-15-29(23,6)22-12-13-28(5)20(17(2)8-11-24(31)32)9-10-21(28)25(22)26(19)34-18(3)30/h17,19-23,25-26,33H,7-16H2,1-6H3,(H,31,32)/t17-,19-,20-,21+,22+,23+,25+,26-,27-,28-,29-/m1/s1. The van der Waals surface area contributed by atoms with Crippen molar-refractivity contribution in [3.8, 4) is 0 Å². The van der Waals surface area contributed by atoms with Gasteiger partial charge in [0.25, 0.3) is 0 Å². The summed E-state index contributed by atoms with van der Waals surface area (Å²) < 4.78 is 6.26. The van der Waals surface area contributed by atoms with E-state index in [-0.39, 0.29) is 35.2 Å². The second kappa shape index (κ2) is 9.09. The van der Waals surface area contributed by atoms with E-state index in [2.05, 4.69) is 27.7 Å². The van der Waals surface area contributed by atoms with Crippen molar-refractivity contribution in [2.45, 2.75) is 117 Å². The number of ether oxygens (including phenoxy) is 1. The third-order valence-electron chi connectivity index (χ3n) is 11.6. The molecule has 4 fully saturated rings. The molecule has 0 unspecified atom stereocenters. The van der Waals surface area contributed by atoms with Crippen molar-refractivity contribution in [2.75, 3.05) is 0 Å². The van der Waals surface area contributed by atoms with Crippen molar-refractivity contribution in [1.82, 2.24) is 0 Å². The lowest BCUT2D eigenvalue weighted by Gasteiger charge is -2.66. The lowest BCUT2D eigenvalue weighted by atomic mass is 9.40. The van der Waals surface area contributed by atoms with E-state index in [1.165, 1.54) is 6.42 Å². The van der Waals surface area contributed by atoms with Crippen molar-refractivity contribution < 1.29 is 24.5 Å². The van der Waals surface area contributed by atoms with Crippen molar-refractivity contribution >= 4 is 11.9 Å². The van der Waals surface area contributed by atoms with Crippen LogP contribution in [0, 0.1) is 52.3 Å². The molecule has 194 valence electrons. The minimum atomic E-state index is -0.699. The molecule has 0 aliphatic heterocycles. The van der Waals surface area contributed by atoms with Crippen molar-refractivity contribution in [2.24, 2.45) is 52.3 Å². The minimum absolute atomic E-state index is 0.0721. The summed E-state index contributed by atoms with van der Waals surface area (Å²) >= 11 is 0. The molecule has 0 heterocycles. The number of carbonyl (C=O) groups is 2. The lowest BCUT2D eigenvalue weighted by Crippen LogP contribution is -2.63. The maximum atomic E-state index is 12.4. The number of rotatable bonds is 6. The van der Waals surface area contributed by atoms with Gasteiger partial charge < -0.3 is 14.9 Å². The predicted molar refractivity (Wildman–Crippen MR) is 132 cm³/mol. The van der Waals surface area contributed by atoms with Gasteiger partial charge in [0, 0.05) is 19.3 Å². The van der Waals surface area contributed by atoms with Crippen LogP contribution in [0.2, 0.25) is 0 Å². The average molecular weight is 477 g/mol. The molecule has 11 atom stereocenters. The Morgan fingerprint density at radius 1 is 1.00 bits per heavy atom. The van der Waals surface area contributed by atoms with Crippen LogP contribution < -0.4 is 0 Å². The summed E-state index contributed by atoms with van der Waals surface area (Å²) in [7, 11) is 0.